The van der Waals surface area contributed by atoms with Gasteiger partial charge < -0.3 is 5.11 Å². The molecular weight excluding hydrogens is 178 g/mol. The zero-order valence-electron chi connectivity index (χ0n) is 7.89. The summed E-state index contributed by atoms with van der Waals surface area (Å²) in [7, 11) is 0. The number of unbranched alkanes of at least 4 members (excludes halogenated alkanes) is 1. The van der Waals surface area contributed by atoms with Gasteiger partial charge in [0.2, 0.25) is 0 Å². The van der Waals surface area contributed by atoms with Gasteiger partial charge in [0.25, 0.3) is 0 Å². The molecule has 1 aromatic heterocycles. The summed E-state index contributed by atoms with van der Waals surface area (Å²) in [5, 5.41) is 8.40. The second-order valence-corrected chi connectivity index (χ2v) is 2.97. The summed E-state index contributed by atoms with van der Waals surface area (Å²) in [6.45, 7) is 0. The number of pyridine rings is 1. The van der Waals surface area contributed by atoms with E-state index in [1.807, 2.05) is 24.3 Å². The zero-order chi connectivity index (χ0) is 10.2. The average Bonchev–Trinajstić information content (AvgIpc) is 2.18. The lowest BCUT2D eigenvalue weighted by molar-refractivity contribution is -0.137. The van der Waals surface area contributed by atoms with E-state index in [2.05, 4.69) is 4.98 Å². The van der Waals surface area contributed by atoms with Crippen LogP contribution in [0.5, 0.6) is 0 Å². The van der Waals surface area contributed by atoms with Gasteiger partial charge in [-0.3, -0.25) is 9.78 Å². The van der Waals surface area contributed by atoms with Crippen LogP contribution in [0.3, 0.4) is 0 Å². The van der Waals surface area contributed by atoms with Crippen LogP contribution in [0.2, 0.25) is 0 Å². The Morgan fingerprint density at radius 2 is 2.43 bits per heavy atom. The van der Waals surface area contributed by atoms with Crippen LogP contribution >= 0.6 is 0 Å². The Kier molecular flexibility index (Phi) is 4.41. The van der Waals surface area contributed by atoms with E-state index < -0.39 is 5.97 Å². The number of carboxylic acid groups (broad SMARTS) is 1. The highest BCUT2D eigenvalue weighted by Crippen LogP contribution is 2.02. The number of carboxylic acids is 1. The molecule has 0 aliphatic heterocycles. The Bertz CT molecular complexity index is 306. The number of allylic oxidation sites excluding steroid dienone is 1. The first-order valence-electron chi connectivity index (χ1n) is 4.57. The molecule has 0 saturated carbocycles. The second-order valence-electron chi connectivity index (χ2n) is 2.97. The number of nitrogens with zero attached hydrogens (tertiary/aromatic N) is 1. The summed E-state index contributed by atoms with van der Waals surface area (Å²) in [6, 6.07) is 3.83. The molecule has 0 aliphatic rings. The lowest BCUT2D eigenvalue weighted by Gasteiger charge is -1.92. The molecule has 1 rings (SSSR count). The van der Waals surface area contributed by atoms with Gasteiger partial charge in [0, 0.05) is 18.8 Å². The summed E-state index contributed by atoms with van der Waals surface area (Å²) in [5.74, 6) is -0.736. The molecule has 0 unspecified atom stereocenters. The predicted octanol–water partition coefficient (Wildman–Crippen LogP) is 2.35. The Labute approximate surface area is 83.1 Å². The van der Waals surface area contributed by atoms with Crippen molar-refractivity contribution in [3.05, 3.63) is 36.2 Å². The van der Waals surface area contributed by atoms with E-state index >= 15 is 0 Å². The monoisotopic (exact) mass is 191 g/mol. The zero-order valence-corrected chi connectivity index (χ0v) is 7.89. The molecule has 1 aromatic rings. The smallest absolute Gasteiger partial charge is 0.303 e. The van der Waals surface area contributed by atoms with Crippen molar-refractivity contribution in [2.45, 2.75) is 19.3 Å². The molecule has 0 fully saturated rings. The van der Waals surface area contributed by atoms with Gasteiger partial charge in [0.1, 0.15) is 0 Å². The third-order valence-electron chi connectivity index (χ3n) is 1.76. The first-order chi connectivity index (χ1) is 6.79. The maximum atomic E-state index is 10.2. The number of rotatable bonds is 5. The summed E-state index contributed by atoms with van der Waals surface area (Å²) in [4.78, 5) is 14.2. The summed E-state index contributed by atoms with van der Waals surface area (Å²) in [5.41, 5.74) is 1.04. The highest BCUT2D eigenvalue weighted by Gasteiger charge is 1.93. The number of aromatic nitrogens is 1. The lowest BCUT2D eigenvalue weighted by atomic mass is 10.2. The van der Waals surface area contributed by atoms with Crippen molar-refractivity contribution in [1.82, 2.24) is 4.98 Å². The topological polar surface area (TPSA) is 50.2 Å². The summed E-state index contributed by atoms with van der Waals surface area (Å²) < 4.78 is 0. The third kappa shape index (κ3) is 4.40. The van der Waals surface area contributed by atoms with Gasteiger partial charge in [-0.15, -0.1) is 0 Å². The van der Waals surface area contributed by atoms with E-state index in [1.165, 1.54) is 0 Å². The van der Waals surface area contributed by atoms with Crippen LogP contribution in [-0.4, -0.2) is 16.1 Å². The minimum absolute atomic E-state index is 0.234. The van der Waals surface area contributed by atoms with E-state index in [-0.39, 0.29) is 6.42 Å². The van der Waals surface area contributed by atoms with Gasteiger partial charge in [0.15, 0.2) is 0 Å². The molecule has 1 heterocycles. The van der Waals surface area contributed by atoms with Crippen LogP contribution in [0.15, 0.2) is 30.6 Å². The molecule has 74 valence electrons. The van der Waals surface area contributed by atoms with Gasteiger partial charge in [0.05, 0.1) is 0 Å². The number of aliphatic carboxylic acids is 1. The predicted molar refractivity (Wildman–Crippen MR) is 54.8 cm³/mol. The molecule has 0 bridgehead atoms. The van der Waals surface area contributed by atoms with E-state index in [0.29, 0.717) is 6.42 Å². The second kappa shape index (κ2) is 5.91. The maximum Gasteiger partial charge on any atom is 0.303 e. The molecular formula is C11H13NO2. The van der Waals surface area contributed by atoms with Crippen molar-refractivity contribution < 1.29 is 9.90 Å². The molecule has 0 atom stereocenters. The molecule has 0 amide bonds. The molecule has 0 aliphatic carbocycles. The standard InChI is InChI=1S/C11H13NO2/c13-11(14)7-3-1-2-5-10-6-4-8-12-9-10/h2,4-6,8-9H,1,3,7H2,(H,13,14). The van der Waals surface area contributed by atoms with E-state index in [0.717, 1.165) is 12.0 Å². The molecule has 0 spiro atoms. The number of hydrogen-bond acceptors (Lipinski definition) is 2. The number of carbonyl (C=O) groups is 1. The summed E-state index contributed by atoms with van der Waals surface area (Å²) >= 11 is 0. The fourth-order valence-electron chi connectivity index (χ4n) is 1.07. The lowest BCUT2D eigenvalue weighted by Crippen LogP contribution is -1.92. The van der Waals surface area contributed by atoms with E-state index in [1.54, 1.807) is 12.4 Å². The largest absolute Gasteiger partial charge is 0.481 e. The van der Waals surface area contributed by atoms with Gasteiger partial charge in [-0.1, -0.05) is 18.2 Å². The van der Waals surface area contributed by atoms with E-state index in [9.17, 15) is 4.79 Å². The highest BCUT2D eigenvalue weighted by atomic mass is 16.4. The van der Waals surface area contributed by atoms with Crippen molar-refractivity contribution in [3.8, 4) is 0 Å². The Balaban J connectivity index is 2.25. The van der Waals surface area contributed by atoms with Crippen LogP contribution < -0.4 is 0 Å². The molecule has 14 heavy (non-hydrogen) atoms. The van der Waals surface area contributed by atoms with Gasteiger partial charge in [-0.05, 0) is 24.5 Å². The normalized spacial score (nSPS) is 10.6. The molecule has 0 radical (unpaired) electrons. The third-order valence-corrected chi connectivity index (χ3v) is 1.76. The first-order valence-corrected chi connectivity index (χ1v) is 4.57. The summed E-state index contributed by atoms with van der Waals surface area (Å²) in [6.07, 6.45) is 9.13. The molecule has 1 N–H and O–H groups in total. The maximum absolute atomic E-state index is 10.2. The fourth-order valence-corrected chi connectivity index (χ4v) is 1.07. The molecule has 0 aromatic carbocycles. The van der Waals surface area contributed by atoms with Crippen LogP contribution in [0.1, 0.15) is 24.8 Å². The van der Waals surface area contributed by atoms with Crippen molar-refractivity contribution in [2.24, 2.45) is 0 Å². The van der Waals surface area contributed by atoms with Crippen molar-refractivity contribution in [2.75, 3.05) is 0 Å². The highest BCUT2D eigenvalue weighted by molar-refractivity contribution is 5.66. The average molecular weight is 191 g/mol. The Hall–Kier alpha value is -1.64. The van der Waals surface area contributed by atoms with Crippen molar-refractivity contribution in [1.29, 1.82) is 0 Å². The quantitative estimate of drug-likeness (QED) is 0.727. The van der Waals surface area contributed by atoms with E-state index in [4.69, 9.17) is 5.11 Å². The Morgan fingerprint density at radius 3 is 3.07 bits per heavy atom. The van der Waals surface area contributed by atoms with Gasteiger partial charge in [-0.2, -0.15) is 0 Å². The van der Waals surface area contributed by atoms with Crippen molar-refractivity contribution in [3.63, 3.8) is 0 Å². The van der Waals surface area contributed by atoms with Gasteiger partial charge >= 0.3 is 5.97 Å². The minimum atomic E-state index is -0.736. The van der Waals surface area contributed by atoms with Crippen LogP contribution in [0.25, 0.3) is 6.08 Å². The SMILES string of the molecule is O=C(O)CCCC=Cc1cccnc1. The first kappa shape index (κ1) is 10.4. The van der Waals surface area contributed by atoms with Crippen molar-refractivity contribution >= 4 is 12.0 Å². The minimum Gasteiger partial charge on any atom is -0.481 e. The van der Waals surface area contributed by atoms with Gasteiger partial charge in [-0.25, -0.2) is 0 Å². The number of hydrogen-bond donors (Lipinski definition) is 1. The molecule has 3 heteroatoms. The fraction of sp³-hybridized carbons (Fsp3) is 0.273. The van der Waals surface area contributed by atoms with Crippen LogP contribution in [0, 0.1) is 0 Å². The molecule has 3 nitrogen and oxygen atoms in total. The Morgan fingerprint density at radius 1 is 1.57 bits per heavy atom. The van der Waals surface area contributed by atoms with Crippen LogP contribution in [0.4, 0.5) is 0 Å². The van der Waals surface area contributed by atoms with Crippen LogP contribution in [-0.2, 0) is 4.79 Å². The molecule has 0 saturated heterocycles.